The molecule has 0 spiro atoms. The molecule has 3 rings (SSSR count). The van der Waals surface area contributed by atoms with Gasteiger partial charge in [0, 0.05) is 0 Å². The van der Waals surface area contributed by atoms with E-state index in [0.717, 1.165) is 0 Å². The van der Waals surface area contributed by atoms with Gasteiger partial charge in [-0.05, 0) is 36.4 Å². The number of esters is 2. The largest absolute Gasteiger partial charge is 0.464 e. The van der Waals surface area contributed by atoms with Crippen LogP contribution >= 0.6 is 0 Å². The van der Waals surface area contributed by atoms with Crippen molar-refractivity contribution >= 4 is 30.2 Å². The molecule has 14 nitrogen and oxygen atoms in total. The molecule has 0 aliphatic carbocycles. The minimum absolute atomic E-state index is 0.0857. The number of amides is 3. The lowest BCUT2D eigenvalue weighted by Crippen LogP contribution is -2.45. The Bertz CT molecular complexity index is 1330. The SMILES string of the molecule is O=C(CC(NC(=O)OOc1ccccc1)C(=O)OCCNC(=O)Oc1ccccc1)OCCNC(=O)Oc1ccccc1. The molecular weight excluding hydrogens is 566 g/mol. The van der Waals surface area contributed by atoms with Gasteiger partial charge in [-0.2, -0.15) is 0 Å². The first-order valence-corrected chi connectivity index (χ1v) is 12.9. The number of carbonyl (C=O) groups excluding carboxylic acids is 5. The van der Waals surface area contributed by atoms with E-state index in [-0.39, 0.29) is 32.1 Å². The Kier molecular flexibility index (Phi) is 13.1. The molecule has 14 heteroatoms. The molecule has 0 saturated carbocycles. The van der Waals surface area contributed by atoms with Gasteiger partial charge in [0.2, 0.25) is 0 Å². The molecule has 0 radical (unpaired) electrons. The van der Waals surface area contributed by atoms with Crippen molar-refractivity contribution in [2.45, 2.75) is 12.5 Å². The molecule has 43 heavy (non-hydrogen) atoms. The Balaban J connectivity index is 1.43. The minimum Gasteiger partial charge on any atom is -0.464 e. The van der Waals surface area contributed by atoms with Crippen molar-refractivity contribution in [1.82, 2.24) is 16.0 Å². The van der Waals surface area contributed by atoms with Crippen LogP contribution in [0.4, 0.5) is 14.4 Å². The predicted octanol–water partition coefficient (Wildman–Crippen LogP) is 3.13. The number of hydrogen-bond donors (Lipinski definition) is 3. The Labute approximate surface area is 246 Å². The molecule has 3 N–H and O–H groups in total. The van der Waals surface area contributed by atoms with Gasteiger partial charge in [0.25, 0.3) is 0 Å². The van der Waals surface area contributed by atoms with Crippen LogP contribution < -0.4 is 30.3 Å². The van der Waals surface area contributed by atoms with Crippen molar-refractivity contribution in [2.75, 3.05) is 26.3 Å². The van der Waals surface area contributed by atoms with Crippen molar-refractivity contribution < 1.29 is 52.7 Å². The van der Waals surface area contributed by atoms with E-state index in [1.165, 1.54) is 12.1 Å². The van der Waals surface area contributed by atoms with Crippen molar-refractivity contribution in [1.29, 1.82) is 0 Å². The van der Waals surface area contributed by atoms with Crippen molar-refractivity contribution in [3.05, 3.63) is 91.0 Å². The van der Waals surface area contributed by atoms with E-state index >= 15 is 0 Å². The van der Waals surface area contributed by atoms with E-state index < -0.39 is 42.7 Å². The zero-order chi connectivity index (χ0) is 30.7. The summed E-state index contributed by atoms with van der Waals surface area (Å²) in [5, 5.41) is 6.98. The maximum atomic E-state index is 12.7. The van der Waals surface area contributed by atoms with Crippen LogP contribution in [-0.2, 0) is 24.0 Å². The van der Waals surface area contributed by atoms with Gasteiger partial charge in [0.15, 0.2) is 5.75 Å². The molecule has 1 atom stereocenters. The number of hydrogen-bond acceptors (Lipinski definition) is 11. The Hall–Kier alpha value is -5.79. The van der Waals surface area contributed by atoms with Crippen LogP contribution in [0.5, 0.6) is 17.2 Å². The third-order valence-corrected chi connectivity index (χ3v) is 5.06. The molecule has 0 saturated heterocycles. The van der Waals surface area contributed by atoms with Crippen LogP contribution in [0.2, 0.25) is 0 Å². The summed E-state index contributed by atoms with van der Waals surface area (Å²) in [6, 6.07) is 23.2. The maximum absolute atomic E-state index is 12.7. The van der Waals surface area contributed by atoms with Crippen LogP contribution in [0.1, 0.15) is 6.42 Å². The molecule has 0 aromatic heterocycles. The zero-order valence-corrected chi connectivity index (χ0v) is 22.8. The van der Waals surface area contributed by atoms with E-state index in [1.54, 1.807) is 78.9 Å². The molecule has 0 bridgehead atoms. The third kappa shape index (κ3) is 12.9. The summed E-state index contributed by atoms with van der Waals surface area (Å²) in [6.07, 6.45) is -3.36. The molecular formula is C29H29N3O11. The molecule has 0 heterocycles. The Morgan fingerprint density at radius 1 is 0.581 bits per heavy atom. The normalized spacial score (nSPS) is 10.7. The van der Waals surface area contributed by atoms with E-state index in [4.69, 9.17) is 23.8 Å². The van der Waals surface area contributed by atoms with Crippen LogP contribution in [0, 0.1) is 0 Å². The smallest absolute Gasteiger partial charge is 0.451 e. The van der Waals surface area contributed by atoms with E-state index in [1.807, 2.05) is 0 Å². The molecule has 0 fully saturated rings. The lowest BCUT2D eigenvalue weighted by molar-refractivity contribution is -0.156. The monoisotopic (exact) mass is 595 g/mol. The summed E-state index contributed by atoms with van der Waals surface area (Å²) in [5.41, 5.74) is 0. The fraction of sp³-hybridized carbons (Fsp3) is 0.207. The standard InChI is InChI=1S/C29H29N3O11/c33-25(38-18-16-30-27(35)40-21-10-4-1-5-11-21)20-24(32-29(37)43-42-23-14-8-3-9-15-23)26(34)39-19-17-31-28(36)41-22-12-6-2-7-13-22/h1-15,24H,16-20H2,(H,30,35)(H,31,36)(H,32,37). The summed E-state index contributed by atoms with van der Waals surface area (Å²) >= 11 is 0. The van der Waals surface area contributed by atoms with Crippen molar-refractivity contribution in [3.8, 4) is 17.2 Å². The predicted molar refractivity (Wildman–Crippen MR) is 148 cm³/mol. The van der Waals surface area contributed by atoms with Gasteiger partial charge >= 0.3 is 30.2 Å². The van der Waals surface area contributed by atoms with Crippen molar-refractivity contribution in [3.63, 3.8) is 0 Å². The molecule has 3 amide bonds. The molecule has 3 aromatic rings. The number of ether oxygens (including phenoxy) is 4. The van der Waals surface area contributed by atoms with Crippen LogP contribution in [0.3, 0.4) is 0 Å². The summed E-state index contributed by atoms with van der Waals surface area (Å²) < 4.78 is 20.2. The molecule has 3 aromatic carbocycles. The topological polar surface area (TPSA) is 177 Å². The maximum Gasteiger partial charge on any atom is 0.451 e. The fourth-order valence-corrected chi connectivity index (χ4v) is 3.13. The number of nitrogens with one attached hydrogen (secondary N) is 3. The second-order valence-corrected chi connectivity index (χ2v) is 8.31. The molecule has 0 aliphatic heterocycles. The summed E-state index contributed by atoms with van der Waals surface area (Å²) in [7, 11) is 0. The quantitative estimate of drug-likeness (QED) is 0.108. The average molecular weight is 596 g/mol. The lowest BCUT2D eigenvalue weighted by atomic mass is 10.2. The van der Waals surface area contributed by atoms with Crippen LogP contribution in [-0.4, -0.2) is 62.6 Å². The Morgan fingerprint density at radius 3 is 1.56 bits per heavy atom. The molecule has 226 valence electrons. The zero-order valence-electron chi connectivity index (χ0n) is 22.8. The first kappa shape index (κ1) is 31.7. The fourth-order valence-electron chi connectivity index (χ4n) is 3.13. The van der Waals surface area contributed by atoms with Gasteiger partial charge in [-0.1, -0.05) is 54.6 Å². The van der Waals surface area contributed by atoms with Gasteiger partial charge in [0.05, 0.1) is 19.5 Å². The summed E-state index contributed by atoms with van der Waals surface area (Å²) in [4.78, 5) is 70.5. The van der Waals surface area contributed by atoms with E-state index in [2.05, 4.69) is 20.8 Å². The number of benzene rings is 3. The minimum atomic E-state index is -1.54. The van der Waals surface area contributed by atoms with Crippen LogP contribution in [0.15, 0.2) is 91.0 Å². The van der Waals surface area contributed by atoms with E-state index in [9.17, 15) is 24.0 Å². The third-order valence-electron chi connectivity index (χ3n) is 5.06. The second kappa shape index (κ2) is 17.8. The Morgan fingerprint density at radius 2 is 1.05 bits per heavy atom. The first-order valence-electron chi connectivity index (χ1n) is 12.9. The number of carbonyl (C=O) groups is 5. The highest BCUT2D eigenvalue weighted by molar-refractivity contribution is 5.86. The van der Waals surface area contributed by atoms with Crippen LogP contribution in [0.25, 0.3) is 0 Å². The van der Waals surface area contributed by atoms with Gasteiger partial charge in [-0.3, -0.25) is 9.68 Å². The average Bonchev–Trinajstić information content (AvgIpc) is 3.01. The van der Waals surface area contributed by atoms with Crippen molar-refractivity contribution in [2.24, 2.45) is 0 Å². The first-order chi connectivity index (χ1) is 20.9. The van der Waals surface area contributed by atoms with Gasteiger partial charge < -0.3 is 34.9 Å². The lowest BCUT2D eigenvalue weighted by Gasteiger charge is -2.17. The highest BCUT2D eigenvalue weighted by Crippen LogP contribution is 2.10. The number of para-hydroxylation sites is 3. The van der Waals surface area contributed by atoms with E-state index in [0.29, 0.717) is 11.5 Å². The second-order valence-electron chi connectivity index (χ2n) is 8.31. The number of rotatable bonds is 14. The highest BCUT2D eigenvalue weighted by Gasteiger charge is 2.27. The van der Waals surface area contributed by atoms with Gasteiger partial charge in [-0.15, -0.1) is 0 Å². The van der Waals surface area contributed by atoms with Gasteiger partial charge in [-0.25, -0.2) is 24.1 Å². The summed E-state index contributed by atoms with van der Waals surface area (Å²) in [6.45, 7) is -0.767. The molecule has 0 aliphatic rings. The van der Waals surface area contributed by atoms with Gasteiger partial charge in [0.1, 0.15) is 30.8 Å². The molecule has 1 unspecified atom stereocenters. The summed E-state index contributed by atoms with van der Waals surface area (Å²) in [5.74, 6) is -1.05. The highest BCUT2D eigenvalue weighted by atomic mass is 17.2.